The molecule has 0 aromatic carbocycles. The average Bonchev–Trinajstić information content (AvgIpc) is 2.17. The van der Waals surface area contributed by atoms with Crippen LogP contribution < -0.4 is 16.4 Å². The molecule has 0 aromatic heterocycles. The molecule has 5 amide bonds. The molecule has 8 heteroatoms. The molecule has 0 aromatic rings. The third kappa shape index (κ3) is 1.31. The number of carbonyl (C=O) groups excluding carboxylic acids is 3. The van der Waals surface area contributed by atoms with Gasteiger partial charge in [-0.25, -0.2) is 9.59 Å². The van der Waals surface area contributed by atoms with Gasteiger partial charge in [0.2, 0.25) is 7.98 Å². The van der Waals surface area contributed by atoms with Gasteiger partial charge in [0, 0.05) is 0 Å². The smallest absolute Gasteiger partial charge is 0.314 e. The zero-order chi connectivity index (χ0) is 9.30. The first-order chi connectivity index (χ1) is 5.52. The van der Waals surface area contributed by atoms with Gasteiger partial charge in [-0.1, -0.05) is 0 Å². The fraction of sp³-hybridized carbons (Fsp3) is 0.250. The van der Waals surface area contributed by atoms with Gasteiger partial charge in [-0.05, 0) is 0 Å². The Morgan fingerprint density at radius 3 is 2.58 bits per heavy atom. The first-order valence-corrected chi connectivity index (χ1v) is 3.16. The van der Waals surface area contributed by atoms with E-state index in [1.807, 2.05) is 0 Å². The van der Waals surface area contributed by atoms with Crippen molar-refractivity contribution in [2.45, 2.75) is 6.17 Å². The Morgan fingerprint density at radius 1 is 1.67 bits per heavy atom. The van der Waals surface area contributed by atoms with Crippen molar-refractivity contribution in [3.8, 4) is 0 Å². The van der Waals surface area contributed by atoms with Crippen LogP contribution in [0.5, 0.6) is 0 Å². The molecule has 1 saturated heterocycles. The highest BCUT2D eigenvalue weighted by molar-refractivity contribution is 6.28. The summed E-state index contributed by atoms with van der Waals surface area (Å²) in [5.41, 5.74) is 4.75. The number of hydrogen-bond donors (Lipinski definition) is 3. The van der Waals surface area contributed by atoms with Crippen LogP contribution in [0.2, 0.25) is 0 Å². The van der Waals surface area contributed by atoms with Crippen LogP contribution in [0.25, 0.3) is 0 Å². The van der Waals surface area contributed by atoms with Crippen molar-refractivity contribution in [1.29, 1.82) is 0 Å². The van der Waals surface area contributed by atoms with Gasteiger partial charge in [0.1, 0.15) is 0 Å². The van der Waals surface area contributed by atoms with Crippen LogP contribution in [-0.2, 0) is 4.79 Å². The number of nitrogens with two attached hydrogens (primary N) is 1. The van der Waals surface area contributed by atoms with Crippen LogP contribution in [0.3, 0.4) is 0 Å². The summed E-state index contributed by atoms with van der Waals surface area (Å²) in [5, 5.41) is 4.28. The molecule has 0 saturated carbocycles. The van der Waals surface area contributed by atoms with Crippen molar-refractivity contribution in [2.24, 2.45) is 5.73 Å². The molecule has 64 valence electrons. The summed E-state index contributed by atoms with van der Waals surface area (Å²) in [6, 6.07) is -1.41. The van der Waals surface area contributed by atoms with E-state index in [1.165, 1.54) is 7.98 Å². The van der Waals surface area contributed by atoms with E-state index in [9.17, 15) is 14.4 Å². The lowest BCUT2D eigenvalue weighted by Gasteiger charge is -2.07. The average molecular weight is 170 g/mol. The second kappa shape index (κ2) is 2.72. The Kier molecular flexibility index (Phi) is 1.90. The summed E-state index contributed by atoms with van der Waals surface area (Å²) in [4.78, 5) is 33.0. The van der Waals surface area contributed by atoms with E-state index in [-0.39, 0.29) is 0 Å². The number of nitrogens with one attached hydrogen (secondary N) is 2. The SMILES string of the molecule is BN1C(=O)NC(NC(N)=O)C1=O. The monoisotopic (exact) mass is 170 g/mol. The molecule has 0 bridgehead atoms. The van der Waals surface area contributed by atoms with Gasteiger partial charge in [-0.15, -0.1) is 0 Å². The number of nitrogens with zero attached hydrogens (tertiary/aromatic N) is 1. The number of hydrogen-bond acceptors (Lipinski definition) is 3. The normalized spacial score (nSPS) is 22.3. The molecule has 12 heavy (non-hydrogen) atoms. The van der Waals surface area contributed by atoms with Crippen molar-refractivity contribution in [1.82, 2.24) is 15.4 Å². The Morgan fingerprint density at radius 2 is 2.25 bits per heavy atom. The summed E-state index contributed by atoms with van der Waals surface area (Å²) in [6.45, 7) is 0. The number of amides is 5. The van der Waals surface area contributed by atoms with E-state index in [0.29, 0.717) is 0 Å². The van der Waals surface area contributed by atoms with E-state index < -0.39 is 24.1 Å². The number of imide groups is 1. The largest absolute Gasteiger partial charge is 0.352 e. The fourth-order valence-electron chi connectivity index (χ4n) is 0.816. The minimum Gasteiger partial charge on any atom is -0.352 e. The Balaban J connectivity index is 2.65. The number of urea groups is 2. The van der Waals surface area contributed by atoms with Crippen LogP contribution in [0.4, 0.5) is 9.59 Å². The van der Waals surface area contributed by atoms with Gasteiger partial charge in [0.25, 0.3) is 5.91 Å². The van der Waals surface area contributed by atoms with Crippen molar-refractivity contribution in [2.75, 3.05) is 0 Å². The lowest BCUT2D eigenvalue weighted by molar-refractivity contribution is -0.124. The van der Waals surface area contributed by atoms with Crippen LogP contribution in [-0.4, -0.2) is 36.9 Å². The fourth-order valence-corrected chi connectivity index (χ4v) is 0.816. The van der Waals surface area contributed by atoms with Gasteiger partial charge in [-0.3, -0.25) is 4.79 Å². The summed E-state index contributed by atoms with van der Waals surface area (Å²) in [5.74, 6) is -0.529. The number of primary amides is 1. The molecule has 7 nitrogen and oxygen atoms in total. The molecule has 0 spiro atoms. The van der Waals surface area contributed by atoms with Crippen LogP contribution in [0.15, 0.2) is 0 Å². The van der Waals surface area contributed by atoms with Gasteiger partial charge in [0.05, 0.1) is 0 Å². The first kappa shape index (κ1) is 8.37. The topological polar surface area (TPSA) is 105 Å². The van der Waals surface area contributed by atoms with E-state index in [0.717, 1.165) is 4.81 Å². The molecule has 1 aliphatic heterocycles. The minimum absolute atomic E-state index is 0.529. The number of rotatable bonds is 1. The van der Waals surface area contributed by atoms with Gasteiger partial charge in [-0.2, -0.15) is 0 Å². The van der Waals surface area contributed by atoms with Gasteiger partial charge >= 0.3 is 12.1 Å². The Hall–Kier alpha value is -1.73. The standard InChI is InChI=1S/C4H7BN4O3/c5-9-2(10)1(7-3(6)11)8-4(9)12/h1H,5H2,(H,8,12)(H3,6,7,11). The van der Waals surface area contributed by atoms with E-state index in [1.54, 1.807) is 0 Å². The van der Waals surface area contributed by atoms with Crippen molar-refractivity contribution < 1.29 is 14.4 Å². The highest BCUT2D eigenvalue weighted by atomic mass is 16.2. The maximum absolute atomic E-state index is 11.0. The van der Waals surface area contributed by atoms with Crippen LogP contribution >= 0.6 is 0 Å². The maximum Gasteiger partial charge on any atom is 0.314 e. The summed E-state index contributed by atoms with van der Waals surface area (Å²) >= 11 is 0. The lowest BCUT2D eigenvalue weighted by atomic mass is 10.3. The van der Waals surface area contributed by atoms with Crippen molar-refractivity contribution in [3.63, 3.8) is 0 Å². The van der Waals surface area contributed by atoms with Crippen molar-refractivity contribution in [3.05, 3.63) is 0 Å². The molecule has 0 radical (unpaired) electrons. The highest BCUT2D eigenvalue weighted by Crippen LogP contribution is 1.98. The van der Waals surface area contributed by atoms with Gasteiger partial charge in [0.15, 0.2) is 6.17 Å². The zero-order valence-electron chi connectivity index (χ0n) is 6.33. The minimum atomic E-state index is -1.03. The molecule has 1 atom stereocenters. The highest BCUT2D eigenvalue weighted by Gasteiger charge is 2.35. The third-order valence-electron chi connectivity index (χ3n) is 1.44. The summed E-state index contributed by atoms with van der Waals surface area (Å²) in [7, 11) is 1.31. The predicted molar refractivity (Wildman–Crippen MR) is 40.4 cm³/mol. The molecule has 1 fully saturated rings. The molecule has 1 aliphatic rings. The van der Waals surface area contributed by atoms with Crippen LogP contribution in [0, 0.1) is 0 Å². The Bertz CT molecular complexity index is 253. The molecule has 0 aliphatic carbocycles. The first-order valence-electron chi connectivity index (χ1n) is 3.16. The summed E-state index contributed by atoms with van der Waals surface area (Å²) < 4.78 is 0. The maximum atomic E-state index is 11.0. The van der Waals surface area contributed by atoms with E-state index in [4.69, 9.17) is 5.73 Å². The Labute approximate surface area is 68.7 Å². The van der Waals surface area contributed by atoms with Gasteiger partial charge < -0.3 is 21.2 Å². The quantitative estimate of drug-likeness (QED) is 0.290. The number of carbonyl (C=O) groups is 3. The molecular weight excluding hydrogens is 163 g/mol. The lowest BCUT2D eigenvalue weighted by Crippen LogP contribution is -2.48. The zero-order valence-corrected chi connectivity index (χ0v) is 6.33. The molecule has 1 heterocycles. The molecule has 1 unspecified atom stereocenters. The van der Waals surface area contributed by atoms with Crippen LogP contribution in [0.1, 0.15) is 0 Å². The molecular formula is C4H7BN4O3. The van der Waals surface area contributed by atoms with E-state index in [2.05, 4.69) is 10.6 Å². The van der Waals surface area contributed by atoms with E-state index >= 15 is 0 Å². The second-order valence-electron chi connectivity index (χ2n) is 2.29. The third-order valence-corrected chi connectivity index (χ3v) is 1.44. The summed E-state index contributed by atoms with van der Waals surface area (Å²) in [6.07, 6.45) is -1.03. The molecule has 4 N–H and O–H groups in total. The second-order valence-corrected chi connectivity index (χ2v) is 2.29. The van der Waals surface area contributed by atoms with Crippen molar-refractivity contribution >= 4 is 26.0 Å². The molecule has 1 rings (SSSR count). The predicted octanol–water partition coefficient (Wildman–Crippen LogP) is -2.92.